The molecule has 0 bridgehead atoms. The summed E-state index contributed by atoms with van der Waals surface area (Å²) in [5, 5.41) is 6.56. The number of carbonyl (C=O) groups is 1. The minimum atomic E-state index is -0.403. The molecule has 2 rings (SSSR count). The van der Waals surface area contributed by atoms with Crippen molar-refractivity contribution in [2.45, 2.75) is 0 Å². The number of nitrogens with zero attached hydrogens (tertiary/aromatic N) is 2. The van der Waals surface area contributed by atoms with Gasteiger partial charge in [0.15, 0.2) is 0 Å². The second-order valence-corrected chi connectivity index (χ2v) is 3.83. The van der Waals surface area contributed by atoms with Gasteiger partial charge in [-0.05, 0) is 18.2 Å². The molecule has 0 radical (unpaired) electrons. The number of aryl methyl sites for hydroxylation is 1. The zero-order valence-electron chi connectivity index (χ0n) is 10.6. The molecule has 1 amide bonds. The van der Waals surface area contributed by atoms with Crippen LogP contribution in [0.5, 0.6) is 5.75 Å². The average Bonchev–Trinajstić information content (AvgIpc) is 2.42. The summed E-state index contributed by atoms with van der Waals surface area (Å²) in [4.78, 5) is 23.2. The van der Waals surface area contributed by atoms with Gasteiger partial charge in [0, 0.05) is 13.1 Å². The molecule has 1 heterocycles. The standard InChI is InChI=1S/C13H13N3O3/c1-16-12(17)8-7-10(15-16)13(18)14-9-5-3-4-6-11(9)19-2/h3-8H,1-2H3,(H,14,18). The van der Waals surface area contributed by atoms with Gasteiger partial charge in [-0.25, -0.2) is 4.68 Å². The Morgan fingerprint density at radius 2 is 2.00 bits per heavy atom. The number of carbonyl (C=O) groups excluding carboxylic acids is 1. The van der Waals surface area contributed by atoms with Gasteiger partial charge in [-0.15, -0.1) is 0 Å². The Balaban J connectivity index is 2.25. The van der Waals surface area contributed by atoms with Crippen LogP contribution in [-0.4, -0.2) is 22.8 Å². The van der Waals surface area contributed by atoms with Crippen molar-refractivity contribution in [1.29, 1.82) is 0 Å². The first-order chi connectivity index (χ1) is 9.11. The summed E-state index contributed by atoms with van der Waals surface area (Å²) in [6.07, 6.45) is 0. The van der Waals surface area contributed by atoms with Crippen molar-refractivity contribution in [2.24, 2.45) is 7.05 Å². The lowest BCUT2D eigenvalue weighted by Crippen LogP contribution is -2.23. The van der Waals surface area contributed by atoms with E-state index in [0.29, 0.717) is 11.4 Å². The topological polar surface area (TPSA) is 73.2 Å². The lowest BCUT2D eigenvalue weighted by atomic mass is 10.2. The highest BCUT2D eigenvalue weighted by atomic mass is 16.5. The van der Waals surface area contributed by atoms with E-state index in [9.17, 15) is 9.59 Å². The highest BCUT2D eigenvalue weighted by Crippen LogP contribution is 2.23. The van der Waals surface area contributed by atoms with Crippen LogP contribution < -0.4 is 15.6 Å². The maximum atomic E-state index is 12.0. The van der Waals surface area contributed by atoms with Gasteiger partial charge in [-0.3, -0.25) is 9.59 Å². The molecule has 0 aliphatic heterocycles. The maximum absolute atomic E-state index is 12.0. The molecule has 1 N–H and O–H groups in total. The normalized spacial score (nSPS) is 10.0. The number of benzene rings is 1. The fraction of sp³-hybridized carbons (Fsp3) is 0.154. The third kappa shape index (κ3) is 2.79. The molecule has 1 aromatic heterocycles. The van der Waals surface area contributed by atoms with Crippen molar-refractivity contribution < 1.29 is 9.53 Å². The molecule has 6 heteroatoms. The summed E-state index contributed by atoms with van der Waals surface area (Å²) in [5.74, 6) is 0.153. The van der Waals surface area contributed by atoms with Crippen LogP contribution in [0.25, 0.3) is 0 Å². The minimum Gasteiger partial charge on any atom is -0.495 e. The van der Waals surface area contributed by atoms with Crippen molar-refractivity contribution in [2.75, 3.05) is 12.4 Å². The smallest absolute Gasteiger partial charge is 0.276 e. The number of hydrogen-bond acceptors (Lipinski definition) is 4. The zero-order valence-corrected chi connectivity index (χ0v) is 10.6. The molecule has 0 aliphatic carbocycles. The van der Waals surface area contributed by atoms with Crippen molar-refractivity contribution in [1.82, 2.24) is 9.78 Å². The molecule has 0 atom stereocenters. The number of ether oxygens (including phenoxy) is 1. The number of rotatable bonds is 3. The number of anilines is 1. The first-order valence-corrected chi connectivity index (χ1v) is 5.60. The summed E-state index contributed by atoms with van der Waals surface area (Å²) in [6.45, 7) is 0. The van der Waals surface area contributed by atoms with Crippen LogP contribution in [0.15, 0.2) is 41.2 Å². The first-order valence-electron chi connectivity index (χ1n) is 5.60. The lowest BCUT2D eigenvalue weighted by molar-refractivity contribution is 0.101. The van der Waals surface area contributed by atoms with Crippen LogP contribution in [0, 0.1) is 0 Å². The Labute approximate surface area is 109 Å². The third-order valence-corrected chi connectivity index (χ3v) is 2.55. The minimum absolute atomic E-state index is 0.160. The Kier molecular flexibility index (Phi) is 3.61. The van der Waals surface area contributed by atoms with Crippen LogP contribution in [-0.2, 0) is 7.05 Å². The Hall–Kier alpha value is -2.63. The largest absolute Gasteiger partial charge is 0.495 e. The Bertz CT molecular complexity index is 664. The molecule has 0 unspecified atom stereocenters. The van der Waals surface area contributed by atoms with Crippen LogP contribution in [0.2, 0.25) is 0 Å². The summed E-state index contributed by atoms with van der Waals surface area (Å²) in [5.41, 5.74) is 0.438. The zero-order chi connectivity index (χ0) is 13.8. The molecule has 2 aromatic rings. The van der Waals surface area contributed by atoms with Crippen molar-refractivity contribution in [3.8, 4) is 5.75 Å². The average molecular weight is 259 g/mol. The number of aromatic nitrogens is 2. The maximum Gasteiger partial charge on any atom is 0.276 e. The van der Waals surface area contributed by atoms with E-state index in [-0.39, 0.29) is 11.3 Å². The summed E-state index contributed by atoms with van der Waals surface area (Å²) < 4.78 is 6.24. The second kappa shape index (κ2) is 5.34. The molecule has 6 nitrogen and oxygen atoms in total. The van der Waals surface area contributed by atoms with Crippen LogP contribution in [0.3, 0.4) is 0 Å². The van der Waals surface area contributed by atoms with Crippen molar-refractivity contribution in [3.05, 3.63) is 52.4 Å². The molecule has 98 valence electrons. The lowest BCUT2D eigenvalue weighted by Gasteiger charge is -2.09. The molecule has 0 saturated carbocycles. The predicted molar refractivity (Wildman–Crippen MR) is 70.4 cm³/mol. The van der Waals surface area contributed by atoms with Gasteiger partial charge >= 0.3 is 0 Å². The highest BCUT2D eigenvalue weighted by Gasteiger charge is 2.11. The van der Waals surface area contributed by atoms with Gasteiger partial charge in [-0.2, -0.15) is 5.10 Å². The number of para-hydroxylation sites is 2. The SMILES string of the molecule is COc1ccccc1NC(=O)c1ccc(=O)n(C)n1. The van der Waals surface area contributed by atoms with Crippen molar-refractivity contribution >= 4 is 11.6 Å². The van der Waals surface area contributed by atoms with E-state index in [0.717, 1.165) is 4.68 Å². The number of nitrogens with one attached hydrogen (secondary N) is 1. The van der Waals surface area contributed by atoms with Crippen LogP contribution >= 0.6 is 0 Å². The predicted octanol–water partition coefficient (Wildman–Crippen LogP) is 1.04. The van der Waals surface area contributed by atoms with E-state index in [1.54, 1.807) is 24.3 Å². The molecule has 0 saturated heterocycles. The van der Waals surface area contributed by atoms with Crippen molar-refractivity contribution in [3.63, 3.8) is 0 Å². The molecule has 0 fully saturated rings. The second-order valence-electron chi connectivity index (χ2n) is 3.83. The molecule has 0 aliphatic rings. The Morgan fingerprint density at radius 1 is 1.26 bits per heavy atom. The van der Waals surface area contributed by atoms with E-state index < -0.39 is 5.91 Å². The quantitative estimate of drug-likeness (QED) is 0.893. The van der Waals surface area contributed by atoms with Gasteiger partial charge in [-0.1, -0.05) is 12.1 Å². The molecule has 1 aromatic carbocycles. The van der Waals surface area contributed by atoms with Gasteiger partial charge in [0.05, 0.1) is 12.8 Å². The third-order valence-electron chi connectivity index (χ3n) is 2.55. The highest BCUT2D eigenvalue weighted by molar-refractivity contribution is 6.03. The van der Waals surface area contributed by atoms with Crippen LogP contribution in [0.1, 0.15) is 10.5 Å². The van der Waals surface area contributed by atoms with E-state index >= 15 is 0 Å². The summed E-state index contributed by atoms with van der Waals surface area (Å²) in [7, 11) is 3.01. The van der Waals surface area contributed by atoms with E-state index in [1.165, 1.54) is 26.3 Å². The number of methoxy groups -OCH3 is 1. The fourth-order valence-corrected chi connectivity index (χ4v) is 1.56. The molecule has 19 heavy (non-hydrogen) atoms. The summed E-state index contributed by atoms with van der Waals surface area (Å²) >= 11 is 0. The van der Waals surface area contributed by atoms with E-state index in [4.69, 9.17) is 4.74 Å². The monoisotopic (exact) mass is 259 g/mol. The fourth-order valence-electron chi connectivity index (χ4n) is 1.56. The van der Waals surface area contributed by atoms with Gasteiger partial charge < -0.3 is 10.1 Å². The van der Waals surface area contributed by atoms with Crippen LogP contribution in [0.4, 0.5) is 5.69 Å². The Morgan fingerprint density at radius 3 is 2.68 bits per heavy atom. The number of hydrogen-bond donors (Lipinski definition) is 1. The van der Waals surface area contributed by atoms with Gasteiger partial charge in [0.25, 0.3) is 11.5 Å². The van der Waals surface area contributed by atoms with Gasteiger partial charge in [0.2, 0.25) is 0 Å². The van der Waals surface area contributed by atoms with Gasteiger partial charge in [0.1, 0.15) is 11.4 Å². The van der Waals surface area contributed by atoms with E-state index in [2.05, 4.69) is 10.4 Å². The molecular weight excluding hydrogens is 246 g/mol. The first kappa shape index (κ1) is 12.8. The molecular formula is C13H13N3O3. The van der Waals surface area contributed by atoms with E-state index in [1.807, 2.05) is 0 Å². The number of amides is 1. The summed E-state index contributed by atoms with van der Waals surface area (Å²) in [6, 6.07) is 9.73. The molecule has 0 spiro atoms.